The zero-order valence-corrected chi connectivity index (χ0v) is 11.3. The van der Waals surface area contributed by atoms with Gasteiger partial charge >= 0.3 is 0 Å². The van der Waals surface area contributed by atoms with Crippen LogP contribution in [0.2, 0.25) is 0 Å². The monoisotopic (exact) mass is 287 g/mol. The topological polar surface area (TPSA) is 44.5 Å². The number of benzene rings is 1. The van der Waals surface area contributed by atoms with E-state index in [1.165, 1.54) is 0 Å². The van der Waals surface area contributed by atoms with Crippen molar-refractivity contribution in [3.63, 3.8) is 0 Å². The van der Waals surface area contributed by atoms with Gasteiger partial charge in [-0.3, -0.25) is 0 Å². The van der Waals surface area contributed by atoms with Crippen LogP contribution < -0.4 is 10.5 Å². The van der Waals surface area contributed by atoms with Gasteiger partial charge in [-0.05, 0) is 24.1 Å². The van der Waals surface area contributed by atoms with E-state index in [2.05, 4.69) is 29.8 Å². The van der Waals surface area contributed by atoms with Gasteiger partial charge in [-0.25, -0.2) is 0 Å². The maximum absolute atomic E-state index is 5.79. The van der Waals surface area contributed by atoms with Gasteiger partial charge in [0.1, 0.15) is 12.4 Å². The highest BCUT2D eigenvalue weighted by Gasteiger charge is 2.00. The van der Waals surface area contributed by atoms with E-state index in [0.29, 0.717) is 30.6 Å². The highest BCUT2D eigenvalue weighted by Crippen LogP contribution is 2.24. The van der Waals surface area contributed by atoms with Crippen molar-refractivity contribution in [3.8, 4) is 5.75 Å². The van der Waals surface area contributed by atoms with Gasteiger partial charge in [0.05, 0.1) is 12.3 Å². The van der Waals surface area contributed by atoms with E-state index in [1.54, 1.807) is 0 Å². The molecule has 0 bridgehead atoms. The van der Waals surface area contributed by atoms with E-state index in [4.69, 9.17) is 15.2 Å². The van der Waals surface area contributed by atoms with Crippen molar-refractivity contribution >= 4 is 21.6 Å². The Bertz CT molecular complexity index is 329. The fraction of sp³-hybridized carbons (Fsp3) is 0.500. The number of rotatable bonds is 6. The molecule has 3 nitrogen and oxygen atoms in total. The minimum absolute atomic E-state index is 0.526. The predicted molar refractivity (Wildman–Crippen MR) is 69.7 cm³/mol. The second-order valence-electron chi connectivity index (χ2n) is 4.00. The SMILES string of the molecule is CC(C)COCCOc1ccc(Br)cc1N. The van der Waals surface area contributed by atoms with Crippen LogP contribution in [0.1, 0.15) is 13.8 Å². The average molecular weight is 288 g/mol. The van der Waals surface area contributed by atoms with Gasteiger partial charge in [0.15, 0.2) is 0 Å². The van der Waals surface area contributed by atoms with Gasteiger partial charge in [0, 0.05) is 11.1 Å². The van der Waals surface area contributed by atoms with Crippen molar-refractivity contribution < 1.29 is 9.47 Å². The smallest absolute Gasteiger partial charge is 0.142 e. The molecule has 90 valence electrons. The number of nitrogens with two attached hydrogens (primary N) is 1. The summed E-state index contributed by atoms with van der Waals surface area (Å²) >= 11 is 3.34. The van der Waals surface area contributed by atoms with Crippen molar-refractivity contribution in [2.75, 3.05) is 25.6 Å². The summed E-state index contributed by atoms with van der Waals surface area (Å²) in [6, 6.07) is 5.58. The van der Waals surface area contributed by atoms with Crippen LogP contribution in [-0.4, -0.2) is 19.8 Å². The zero-order chi connectivity index (χ0) is 12.0. The fourth-order valence-electron chi connectivity index (χ4n) is 1.18. The maximum Gasteiger partial charge on any atom is 0.142 e. The number of halogens is 1. The lowest BCUT2D eigenvalue weighted by Crippen LogP contribution is -2.10. The molecule has 0 spiro atoms. The highest BCUT2D eigenvalue weighted by atomic mass is 79.9. The van der Waals surface area contributed by atoms with E-state index in [9.17, 15) is 0 Å². The molecule has 0 amide bonds. The number of ether oxygens (including phenoxy) is 2. The van der Waals surface area contributed by atoms with Crippen LogP contribution >= 0.6 is 15.9 Å². The Morgan fingerprint density at radius 2 is 2.06 bits per heavy atom. The molecular formula is C12H18BrNO2. The lowest BCUT2D eigenvalue weighted by molar-refractivity contribution is 0.0821. The Hall–Kier alpha value is -0.740. The summed E-state index contributed by atoms with van der Waals surface area (Å²) in [4.78, 5) is 0. The molecule has 1 rings (SSSR count). The molecule has 0 aliphatic rings. The van der Waals surface area contributed by atoms with Crippen LogP contribution in [0.25, 0.3) is 0 Å². The van der Waals surface area contributed by atoms with Gasteiger partial charge in [-0.2, -0.15) is 0 Å². The quantitative estimate of drug-likeness (QED) is 0.646. The number of hydrogen-bond acceptors (Lipinski definition) is 3. The van der Waals surface area contributed by atoms with E-state index in [0.717, 1.165) is 11.1 Å². The predicted octanol–water partition coefficient (Wildman–Crippen LogP) is 3.08. The van der Waals surface area contributed by atoms with Crippen molar-refractivity contribution in [2.24, 2.45) is 5.92 Å². The molecule has 0 saturated heterocycles. The highest BCUT2D eigenvalue weighted by molar-refractivity contribution is 9.10. The van der Waals surface area contributed by atoms with Crippen LogP contribution in [0.5, 0.6) is 5.75 Å². The van der Waals surface area contributed by atoms with Gasteiger partial charge in [-0.1, -0.05) is 29.8 Å². The number of nitrogen functional groups attached to an aromatic ring is 1. The summed E-state index contributed by atoms with van der Waals surface area (Å²) in [7, 11) is 0. The summed E-state index contributed by atoms with van der Waals surface area (Å²) in [5, 5.41) is 0. The van der Waals surface area contributed by atoms with Crippen molar-refractivity contribution in [3.05, 3.63) is 22.7 Å². The molecule has 0 radical (unpaired) electrons. The van der Waals surface area contributed by atoms with Gasteiger partial charge < -0.3 is 15.2 Å². The number of hydrogen-bond donors (Lipinski definition) is 1. The Morgan fingerprint density at radius 3 is 2.69 bits per heavy atom. The molecule has 0 aromatic heterocycles. The first kappa shape index (κ1) is 13.3. The molecular weight excluding hydrogens is 270 g/mol. The van der Waals surface area contributed by atoms with Crippen molar-refractivity contribution in [1.29, 1.82) is 0 Å². The van der Waals surface area contributed by atoms with E-state index in [1.807, 2.05) is 18.2 Å². The first-order chi connectivity index (χ1) is 7.59. The number of anilines is 1. The van der Waals surface area contributed by atoms with Gasteiger partial charge in [0.2, 0.25) is 0 Å². The molecule has 2 N–H and O–H groups in total. The van der Waals surface area contributed by atoms with Crippen LogP contribution in [-0.2, 0) is 4.74 Å². The molecule has 16 heavy (non-hydrogen) atoms. The van der Waals surface area contributed by atoms with Gasteiger partial charge in [0.25, 0.3) is 0 Å². The molecule has 1 aromatic carbocycles. The third-order valence-corrected chi connectivity index (χ3v) is 2.40. The Morgan fingerprint density at radius 1 is 1.31 bits per heavy atom. The molecule has 0 aliphatic carbocycles. The first-order valence-electron chi connectivity index (χ1n) is 5.35. The average Bonchev–Trinajstić information content (AvgIpc) is 2.20. The summed E-state index contributed by atoms with van der Waals surface area (Å²) < 4.78 is 11.9. The fourth-order valence-corrected chi connectivity index (χ4v) is 1.56. The summed E-state index contributed by atoms with van der Waals surface area (Å²) in [5.41, 5.74) is 6.43. The summed E-state index contributed by atoms with van der Waals surface area (Å²) in [5.74, 6) is 1.26. The Balaban J connectivity index is 2.27. The third-order valence-electron chi connectivity index (χ3n) is 1.91. The van der Waals surface area contributed by atoms with E-state index >= 15 is 0 Å². The minimum atomic E-state index is 0.526. The molecule has 0 unspecified atom stereocenters. The second kappa shape index (κ2) is 6.76. The van der Waals surface area contributed by atoms with Crippen molar-refractivity contribution in [2.45, 2.75) is 13.8 Å². The summed E-state index contributed by atoms with van der Waals surface area (Å²) in [6.45, 7) is 6.12. The van der Waals surface area contributed by atoms with Crippen LogP contribution in [0.15, 0.2) is 22.7 Å². The second-order valence-corrected chi connectivity index (χ2v) is 4.92. The molecule has 1 aromatic rings. The molecule has 0 saturated carbocycles. The first-order valence-corrected chi connectivity index (χ1v) is 6.14. The zero-order valence-electron chi connectivity index (χ0n) is 9.70. The lowest BCUT2D eigenvalue weighted by Gasteiger charge is -2.10. The normalized spacial score (nSPS) is 10.8. The van der Waals surface area contributed by atoms with E-state index < -0.39 is 0 Å². The molecule has 0 fully saturated rings. The minimum Gasteiger partial charge on any atom is -0.489 e. The van der Waals surface area contributed by atoms with Crippen LogP contribution in [0, 0.1) is 5.92 Å². The Labute approximate surface area is 105 Å². The maximum atomic E-state index is 5.79. The molecule has 4 heteroatoms. The molecule has 0 aliphatic heterocycles. The van der Waals surface area contributed by atoms with E-state index in [-0.39, 0.29) is 0 Å². The largest absolute Gasteiger partial charge is 0.489 e. The third kappa shape index (κ3) is 4.86. The molecule has 0 atom stereocenters. The van der Waals surface area contributed by atoms with Crippen LogP contribution in [0.3, 0.4) is 0 Å². The standard InChI is InChI=1S/C12H18BrNO2/c1-9(2)8-15-5-6-16-12-4-3-10(13)7-11(12)14/h3-4,7,9H,5-6,8,14H2,1-2H3. The Kier molecular flexibility index (Phi) is 5.63. The molecule has 0 heterocycles. The van der Waals surface area contributed by atoms with Crippen LogP contribution in [0.4, 0.5) is 5.69 Å². The van der Waals surface area contributed by atoms with Crippen molar-refractivity contribution in [1.82, 2.24) is 0 Å². The summed E-state index contributed by atoms with van der Waals surface area (Å²) in [6.07, 6.45) is 0. The van der Waals surface area contributed by atoms with Gasteiger partial charge in [-0.15, -0.1) is 0 Å². The lowest BCUT2D eigenvalue weighted by atomic mass is 10.2.